The summed E-state index contributed by atoms with van der Waals surface area (Å²) in [5.74, 6) is 0. The molecule has 0 spiro atoms. The normalized spacial score (nSPS) is 11.5. The summed E-state index contributed by atoms with van der Waals surface area (Å²) >= 11 is 0. The molecule has 0 amide bonds. The van der Waals surface area contributed by atoms with Crippen molar-refractivity contribution >= 4 is 43.6 Å². The smallest absolute Gasteiger partial charge is 0.0991 e. The van der Waals surface area contributed by atoms with Gasteiger partial charge in [-0.3, -0.25) is 0 Å². The lowest BCUT2D eigenvalue weighted by atomic mass is 9.96. The fraction of sp³-hybridized carbons (Fsp3) is 0. The van der Waals surface area contributed by atoms with Gasteiger partial charge in [0.2, 0.25) is 0 Å². The van der Waals surface area contributed by atoms with E-state index in [0.29, 0.717) is 5.56 Å². The van der Waals surface area contributed by atoms with Crippen molar-refractivity contribution in [3.05, 3.63) is 169 Å². The van der Waals surface area contributed by atoms with Crippen molar-refractivity contribution in [3.8, 4) is 39.7 Å². The number of nitrogens with zero attached hydrogens (tertiary/aromatic N) is 3. The van der Waals surface area contributed by atoms with Crippen LogP contribution in [0.5, 0.6) is 0 Å². The molecule has 9 aromatic rings. The Bertz CT molecular complexity index is 2600. The maximum absolute atomic E-state index is 9.70. The molecule has 0 aliphatic heterocycles. The van der Waals surface area contributed by atoms with Crippen molar-refractivity contribution in [2.24, 2.45) is 0 Å². The maximum Gasteiger partial charge on any atom is 0.0991 e. The first kappa shape index (κ1) is 26.1. The fourth-order valence-electron chi connectivity index (χ4n) is 7.05. The van der Waals surface area contributed by atoms with Crippen LogP contribution < -0.4 is 0 Å². The molecule has 0 fully saturated rings. The van der Waals surface area contributed by atoms with Gasteiger partial charge in [-0.2, -0.15) is 5.26 Å². The van der Waals surface area contributed by atoms with E-state index >= 15 is 0 Å². The molecular formula is C43H27N3. The second kappa shape index (κ2) is 10.4. The van der Waals surface area contributed by atoms with Gasteiger partial charge in [0.15, 0.2) is 0 Å². The zero-order valence-electron chi connectivity index (χ0n) is 24.9. The van der Waals surface area contributed by atoms with Crippen LogP contribution in [0.15, 0.2) is 164 Å². The summed E-state index contributed by atoms with van der Waals surface area (Å²) in [6.45, 7) is 0. The molecule has 9 rings (SSSR count). The third kappa shape index (κ3) is 4.05. The van der Waals surface area contributed by atoms with Gasteiger partial charge in [-0.1, -0.05) is 91.0 Å². The molecule has 0 atom stereocenters. The van der Waals surface area contributed by atoms with Crippen molar-refractivity contribution in [1.82, 2.24) is 9.13 Å². The Morgan fingerprint density at radius 3 is 1.50 bits per heavy atom. The fourth-order valence-corrected chi connectivity index (χ4v) is 7.05. The molecule has 0 N–H and O–H groups in total. The molecule has 7 aromatic carbocycles. The van der Waals surface area contributed by atoms with Crippen LogP contribution in [0.1, 0.15) is 5.56 Å². The van der Waals surface area contributed by atoms with Gasteiger partial charge in [0.05, 0.1) is 33.7 Å². The largest absolute Gasteiger partial charge is 0.309 e. The van der Waals surface area contributed by atoms with E-state index in [9.17, 15) is 5.26 Å². The summed E-state index contributed by atoms with van der Waals surface area (Å²) in [6, 6.07) is 60.3. The molecule has 2 aromatic heterocycles. The lowest BCUT2D eigenvalue weighted by molar-refractivity contribution is 1.18. The summed E-state index contributed by atoms with van der Waals surface area (Å²) in [5.41, 5.74) is 11.9. The highest BCUT2D eigenvalue weighted by Gasteiger charge is 2.16. The molecule has 0 aliphatic carbocycles. The van der Waals surface area contributed by atoms with Crippen molar-refractivity contribution in [2.75, 3.05) is 0 Å². The highest BCUT2D eigenvalue weighted by Crippen LogP contribution is 2.39. The highest BCUT2D eigenvalue weighted by molar-refractivity contribution is 6.11. The van der Waals surface area contributed by atoms with Gasteiger partial charge in [-0.25, -0.2) is 0 Å². The van der Waals surface area contributed by atoms with E-state index in [4.69, 9.17) is 0 Å². The number of hydrogen-bond donors (Lipinski definition) is 0. The summed E-state index contributed by atoms with van der Waals surface area (Å²) in [5, 5.41) is 14.6. The third-order valence-electron chi connectivity index (χ3n) is 9.10. The molecule has 3 heteroatoms. The molecule has 3 nitrogen and oxygen atoms in total. The molecule has 0 saturated carbocycles. The number of para-hydroxylation sites is 4. The molecular weight excluding hydrogens is 558 g/mol. The SMILES string of the molecule is N#Cc1cccc(-c2cc(-c3ccc4c(c3)c3ccccc3n4-c3ccccc3)cc(-n3c4ccccc4c4ccccc43)c2)c1. The van der Waals surface area contributed by atoms with Gasteiger partial charge in [-0.05, 0) is 95.1 Å². The van der Waals surface area contributed by atoms with Gasteiger partial charge in [0, 0.05) is 32.9 Å². The summed E-state index contributed by atoms with van der Waals surface area (Å²) in [6.07, 6.45) is 0. The Labute approximate surface area is 266 Å². The summed E-state index contributed by atoms with van der Waals surface area (Å²) in [7, 11) is 0. The van der Waals surface area contributed by atoms with E-state index in [1.165, 1.54) is 43.6 Å². The van der Waals surface area contributed by atoms with Crippen LogP contribution in [-0.4, -0.2) is 9.13 Å². The predicted octanol–water partition coefficient (Wildman–Crippen LogP) is 11.1. The minimum atomic E-state index is 0.649. The van der Waals surface area contributed by atoms with Crippen LogP contribution in [0.2, 0.25) is 0 Å². The Hall–Kier alpha value is -6.37. The van der Waals surface area contributed by atoms with Crippen molar-refractivity contribution in [3.63, 3.8) is 0 Å². The zero-order chi connectivity index (χ0) is 30.6. The van der Waals surface area contributed by atoms with Crippen LogP contribution in [0.25, 0.3) is 77.2 Å². The quantitative estimate of drug-likeness (QED) is 0.202. The van der Waals surface area contributed by atoms with Crippen molar-refractivity contribution < 1.29 is 0 Å². The number of hydrogen-bond acceptors (Lipinski definition) is 1. The Kier molecular flexibility index (Phi) is 5.88. The first-order valence-electron chi connectivity index (χ1n) is 15.5. The van der Waals surface area contributed by atoms with Crippen LogP contribution in [0.4, 0.5) is 0 Å². The molecule has 0 saturated heterocycles. The van der Waals surface area contributed by atoms with Gasteiger partial charge >= 0.3 is 0 Å². The summed E-state index contributed by atoms with van der Waals surface area (Å²) < 4.78 is 4.72. The number of benzene rings is 7. The van der Waals surface area contributed by atoms with E-state index in [1.54, 1.807) is 0 Å². The van der Waals surface area contributed by atoms with Crippen LogP contribution >= 0.6 is 0 Å². The van der Waals surface area contributed by atoms with E-state index in [-0.39, 0.29) is 0 Å². The minimum absolute atomic E-state index is 0.649. The lowest BCUT2D eigenvalue weighted by Crippen LogP contribution is -1.96. The van der Waals surface area contributed by atoms with Gasteiger partial charge < -0.3 is 9.13 Å². The Morgan fingerprint density at radius 2 is 0.870 bits per heavy atom. The molecule has 0 bridgehead atoms. The van der Waals surface area contributed by atoms with Crippen LogP contribution in [0.3, 0.4) is 0 Å². The van der Waals surface area contributed by atoms with E-state index in [1.807, 2.05) is 18.2 Å². The third-order valence-corrected chi connectivity index (χ3v) is 9.10. The average molecular weight is 586 g/mol. The Morgan fingerprint density at radius 1 is 0.348 bits per heavy atom. The van der Waals surface area contributed by atoms with E-state index in [2.05, 4.69) is 161 Å². The lowest BCUT2D eigenvalue weighted by Gasteiger charge is -2.14. The van der Waals surface area contributed by atoms with Crippen molar-refractivity contribution in [2.45, 2.75) is 0 Å². The monoisotopic (exact) mass is 585 g/mol. The average Bonchev–Trinajstić information content (AvgIpc) is 3.64. The minimum Gasteiger partial charge on any atom is -0.309 e. The number of rotatable bonds is 4. The molecule has 214 valence electrons. The highest BCUT2D eigenvalue weighted by atomic mass is 15.0. The zero-order valence-corrected chi connectivity index (χ0v) is 24.9. The first-order chi connectivity index (χ1) is 22.8. The number of aromatic nitrogens is 2. The van der Waals surface area contributed by atoms with Crippen molar-refractivity contribution in [1.29, 1.82) is 5.26 Å². The second-order valence-electron chi connectivity index (χ2n) is 11.8. The number of fused-ring (bicyclic) bond motifs is 6. The molecule has 0 radical (unpaired) electrons. The topological polar surface area (TPSA) is 33.6 Å². The predicted molar refractivity (Wildman–Crippen MR) is 191 cm³/mol. The molecule has 46 heavy (non-hydrogen) atoms. The number of nitriles is 1. The van der Waals surface area contributed by atoms with Gasteiger partial charge in [0.1, 0.15) is 0 Å². The maximum atomic E-state index is 9.70. The van der Waals surface area contributed by atoms with E-state index in [0.717, 1.165) is 33.6 Å². The van der Waals surface area contributed by atoms with Crippen LogP contribution in [-0.2, 0) is 0 Å². The first-order valence-corrected chi connectivity index (χ1v) is 15.5. The Balaban J connectivity index is 1.32. The van der Waals surface area contributed by atoms with E-state index < -0.39 is 0 Å². The second-order valence-corrected chi connectivity index (χ2v) is 11.8. The van der Waals surface area contributed by atoms with Gasteiger partial charge in [0.25, 0.3) is 0 Å². The molecule has 0 aliphatic rings. The standard InChI is InChI=1S/C43H27N3/c44-28-29-11-10-12-30(23-29)32-24-33(26-35(25-32)46-40-18-7-4-15-36(40)37-16-5-8-19-41(37)46)31-21-22-43-39(27-31)38-17-6-9-20-42(38)45(43)34-13-2-1-3-14-34/h1-27H. The van der Waals surface area contributed by atoms with Gasteiger partial charge in [-0.15, -0.1) is 0 Å². The molecule has 2 heterocycles. The van der Waals surface area contributed by atoms with Crippen LogP contribution in [0, 0.1) is 11.3 Å². The summed E-state index contributed by atoms with van der Waals surface area (Å²) in [4.78, 5) is 0. The molecule has 0 unspecified atom stereocenters.